The van der Waals surface area contributed by atoms with Gasteiger partial charge in [-0.15, -0.1) is 0 Å². The summed E-state index contributed by atoms with van der Waals surface area (Å²) in [5, 5.41) is 0. The number of hydrogen-bond acceptors (Lipinski definition) is 2. The molecular weight excluding hydrogens is 174 g/mol. The summed E-state index contributed by atoms with van der Waals surface area (Å²) >= 11 is 0. The molecule has 14 heavy (non-hydrogen) atoms. The predicted molar refractivity (Wildman–Crippen MR) is 57.8 cm³/mol. The molecule has 2 nitrogen and oxygen atoms in total. The van der Waals surface area contributed by atoms with E-state index in [9.17, 15) is 0 Å². The first-order chi connectivity index (χ1) is 6.76. The van der Waals surface area contributed by atoms with E-state index in [0.29, 0.717) is 11.8 Å². The largest absolute Gasteiger partial charge is 0.497 e. The number of methoxy groups -OCH3 is 1. The molecule has 1 aliphatic carbocycles. The molecule has 0 saturated carbocycles. The average Bonchev–Trinajstić information content (AvgIpc) is 2.55. The molecule has 0 saturated heterocycles. The van der Waals surface area contributed by atoms with Crippen molar-refractivity contribution in [3.63, 3.8) is 0 Å². The Morgan fingerprint density at radius 1 is 1.43 bits per heavy atom. The van der Waals surface area contributed by atoms with Crippen LogP contribution in [0.15, 0.2) is 18.2 Å². The maximum absolute atomic E-state index is 5.76. The van der Waals surface area contributed by atoms with Gasteiger partial charge in [-0.2, -0.15) is 0 Å². The molecule has 0 amide bonds. The van der Waals surface area contributed by atoms with Crippen molar-refractivity contribution in [2.75, 3.05) is 13.7 Å². The second-order valence-electron chi connectivity index (χ2n) is 4.06. The molecule has 2 atom stereocenters. The van der Waals surface area contributed by atoms with Crippen LogP contribution in [-0.4, -0.2) is 13.7 Å². The number of nitrogens with two attached hydrogens (primary N) is 1. The molecule has 0 spiro atoms. The van der Waals surface area contributed by atoms with Gasteiger partial charge in [0.25, 0.3) is 0 Å². The van der Waals surface area contributed by atoms with Crippen LogP contribution in [0.3, 0.4) is 0 Å². The highest BCUT2D eigenvalue weighted by Crippen LogP contribution is 2.42. The number of hydrogen-bond donors (Lipinski definition) is 1. The third-order valence-electron chi connectivity index (χ3n) is 3.19. The zero-order valence-corrected chi connectivity index (χ0v) is 8.79. The number of rotatable bonds is 2. The highest BCUT2D eigenvalue weighted by Gasteiger charge is 2.27. The summed E-state index contributed by atoms with van der Waals surface area (Å²) in [4.78, 5) is 0. The van der Waals surface area contributed by atoms with Crippen LogP contribution in [0.1, 0.15) is 36.3 Å². The minimum atomic E-state index is 0.523. The SMILES string of the molecule is COc1ccc2c(c1)C(CN)CC2C. The van der Waals surface area contributed by atoms with Crippen molar-refractivity contribution in [3.05, 3.63) is 29.3 Å². The Kier molecular flexibility index (Phi) is 2.46. The Morgan fingerprint density at radius 3 is 2.86 bits per heavy atom. The predicted octanol–water partition coefficient (Wildman–Crippen LogP) is 2.24. The van der Waals surface area contributed by atoms with E-state index in [4.69, 9.17) is 10.5 Å². The van der Waals surface area contributed by atoms with Gasteiger partial charge in [-0.25, -0.2) is 0 Å². The van der Waals surface area contributed by atoms with Crippen LogP contribution in [0.25, 0.3) is 0 Å². The molecule has 2 rings (SSSR count). The Morgan fingerprint density at radius 2 is 2.21 bits per heavy atom. The second-order valence-corrected chi connectivity index (χ2v) is 4.06. The van der Waals surface area contributed by atoms with Gasteiger partial charge in [-0.1, -0.05) is 13.0 Å². The summed E-state index contributed by atoms with van der Waals surface area (Å²) in [6.07, 6.45) is 1.18. The molecule has 0 heterocycles. The summed E-state index contributed by atoms with van der Waals surface area (Å²) in [7, 11) is 1.71. The normalized spacial score (nSPS) is 24.8. The van der Waals surface area contributed by atoms with Crippen molar-refractivity contribution in [1.29, 1.82) is 0 Å². The molecule has 0 radical (unpaired) electrons. The van der Waals surface area contributed by atoms with E-state index in [2.05, 4.69) is 19.1 Å². The van der Waals surface area contributed by atoms with E-state index in [1.807, 2.05) is 6.07 Å². The van der Waals surface area contributed by atoms with Crippen molar-refractivity contribution < 1.29 is 4.74 Å². The molecule has 2 N–H and O–H groups in total. The molecule has 0 aliphatic heterocycles. The molecule has 2 unspecified atom stereocenters. The molecule has 1 aliphatic rings. The second kappa shape index (κ2) is 3.62. The Bertz CT molecular complexity index is 335. The van der Waals surface area contributed by atoms with Crippen molar-refractivity contribution >= 4 is 0 Å². The van der Waals surface area contributed by atoms with Gasteiger partial charge >= 0.3 is 0 Å². The maximum atomic E-state index is 5.76. The number of ether oxygens (including phenoxy) is 1. The molecular formula is C12H17NO. The van der Waals surface area contributed by atoms with Crippen LogP contribution in [-0.2, 0) is 0 Å². The van der Waals surface area contributed by atoms with Crippen LogP contribution < -0.4 is 10.5 Å². The monoisotopic (exact) mass is 191 g/mol. The first kappa shape index (κ1) is 9.53. The van der Waals surface area contributed by atoms with Gasteiger partial charge in [0.2, 0.25) is 0 Å². The van der Waals surface area contributed by atoms with E-state index < -0.39 is 0 Å². The van der Waals surface area contributed by atoms with Crippen LogP contribution in [0, 0.1) is 0 Å². The van der Waals surface area contributed by atoms with Crippen LogP contribution in [0.5, 0.6) is 5.75 Å². The van der Waals surface area contributed by atoms with Gasteiger partial charge in [-0.05, 0) is 48.1 Å². The fraction of sp³-hybridized carbons (Fsp3) is 0.500. The molecule has 0 bridgehead atoms. The minimum absolute atomic E-state index is 0.523. The van der Waals surface area contributed by atoms with E-state index in [1.165, 1.54) is 17.5 Å². The van der Waals surface area contributed by atoms with Gasteiger partial charge in [-0.3, -0.25) is 0 Å². The summed E-state index contributed by atoms with van der Waals surface area (Å²) in [5.41, 5.74) is 8.60. The lowest BCUT2D eigenvalue weighted by molar-refractivity contribution is 0.414. The molecule has 76 valence electrons. The molecule has 2 heteroatoms. The van der Waals surface area contributed by atoms with Crippen molar-refractivity contribution in [2.24, 2.45) is 5.73 Å². The smallest absolute Gasteiger partial charge is 0.119 e. The van der Waals surface area contributed by atoms with E-state index >= 15 is 0 Å². The van der Waals surface area contributed by atoms with E-state index in [1.54, 1.807) is 7.11 Å². The summed E-state index contributed by atoms with van der Waals surface area (Å²) in [6.45, 7) is 3.01. The standard InChI is InChI=1S/C12H17NO/c1-8-5-9(7-13)12-6-10(14-2)3-4-11(8)12/h3-4,6,8-9H,5,7,13H2,1-2H3. The van der Waals surface area contributed by atoms with Gasteiger partial charge in [0.15, 0.2) is 0 Å². The van der Waals surface area contributed by atoms with Gasteiger partial charge in [0.05, 0.1) is 7.11 Å². The van der Waals surface area contributed by atoms with Crippen molar-refractivity contribution in [1.82, 2.24) is 0 Å². The molecule has 1 aromatic rings. The van der Waals surface area contributed by atoms with E-state index in [0.717, 1.165) is 12.3 Å². The van der Waals surface area contributed by atoms with Crippen LogP contribution in [0.4, 0.5) is 0 Å². The zero-order chi connectivity index (χ0) is 10.1. The minimum Gasteiger partial charge on any atom is -0.497 e. The highest BCUT2D eigenvalue weighted by molar-refractivity contribution is 5.43. The summed E-state index contributed by atoms with van der Waals surface area (Å²) < 4.78 is 5.23. The third kappa shape index (κ3) is 1.40. The quantitative estimate of drug-likeness (QED) is 0.778. The zero-order valence-electron chi connectivity index (χ0n) is 8.79. The summed E-state index contributed by atoms with van der Waals surface area (Å²) in [6, 6.07) is 6.35. The Balaban J connectivity index is 2.42. The maximum Gasteiger partial charge on any atom is 0.119 e. The lowest BCUT2D eigenvalue weighted by Crippen LogP contribution is -2.09. The van der Waals surface area contributed by atoms with Crippen LogP contribution >= 0.6 is 0 Å². The summed E-state index contributed by atoms with van der Waals surface area (Å²) in [5.74, 6) is 2.11. The van der Waals surface area contributed by atoms with Gasteiger partial charge < -0.3 is 10.5 Å². The van der Waals surface area contributed by atoms with Crippen molar-refractivity contribution in [3.8, 4) is 5.75 Å². The van der Waals surface area contributed by atoms with Crippen LogP contribution in [0.2, 0.25) is 0 Å². The van der Waals surface area contributed by atoms with Gasteiger partial charge in [0.1, 0.15) is 5.75 Å². The molecule has 1 aromatic carbocycles. The average molecular weight is 191 g/mol. The Hall–Kier alpha value is -1.02. The molecule has 0 aromatic heterocycles. The fourth-order valence-corrected chi connectivity index (χ4v) is 2.39. The third-order valence-corrected chi connectivity index (χ3v) is 3.19. The first-order valence-corrected chi connectivity index (χ1v) is 5.14. The van der Waals surface area contributed by atoms with E-state index in [-0.39, 0.29) is 0 Å². The number of fused-ring (bicyclic) bond motifs is 1. The van der Waals surface area contributed by atoms with Crippen molar-refractivity contribution in [2.45, 2.75) is 25.2 Å². The Labute approximate surface area is 85.1 Å². The number of benzene rings is 1. The first-order valence-electron chi connectivity index (χ1n) is 5.14. The fourth-order valence-electron chi connectivity index (χ4n) is 2.39. The van der Waals surface area contributed by atoms with Gasteiger partial charge in [0, 0.05) is 0 Å². The lowest BCUT2D eigenvalue weighted by atomic mass is 10.0. The highest BCUT2D eigenvalue weighted by atomic mass is 16.5. The molecule has 0 fully saturated rings. The lowest BCUT2D eigenvalue weighted by Gasteiger charge is -2.09. The topological polar surface area (TPSA) is 35.2 Å².